The number of nitro benzene ring substituents is 1. The van der Waals surface area contributed by atoms with E-state index in [9.17, 15) is 19.7 Å². The normalized spacial score (nSPS) is 10.6. The summed E-state index contributed by atoms with van der Waals surface area (Å²) in [6.45, 7) is 0. The minimum atomic E-state index is -0.468. The average molecular weight is 355 g/mol. The van der Waals surface area contributed by atoms with Crippen molar-refractivity contribution in [1.82, 2.24) is 0 Å². The highest BCUT2D eigenvalue weighted by Crippen LogP contribution is 2.29. The van der Waals surface area contributed by atoms with Crippen LogP contribution in [0, 0.1) is 10.1 Å². The summed E-state index contributed by atoms with van der Waals surface area (Å²) in [7, 11) is 0. The van der Waals surface area contributed by atoms with Crippen molar-refractivity contribution in [3.05, 3.63) is 69.1 Å². The monoisotopic (exact) mass is 355 g/mol. The summed E-state index contributed by atoms with van der Waals surface area (Å²) in [5, 5.41) is 14.2. The standard InChI is InChI=1S/C17H13N3O4S/c18-16(21)7-10-1-3-12(4-2-10)19-17(22)15-9-11-8-13(20(23)24)5-6-14(11)25-15/h1-6,8-9H,7H2,(H2,18,21)(H,19,22). The van der Waals surface area contributed by atoms with Gasteiger partial charge in [-0.2, -0.15) is 0 Å². The van der Waals surface area contributed by atoms with Crippen molar-refractivity contribution in [2.24, 2.45) is 5.73 Å². The molecule has 0 aliphatic heterocycles. The lowest BCUT2D eigenvalue weighted by molar-refractivity contribution is -0.384. The van der Waals surface area contributed by atoms with Gasteiger partial charge in [-0.15, -0.1) is 11.3 Å². The van der Waals surface area contributed by atoms with Gasteiger partial charge in [0.25, 0.3) is 11.6 Å². The molecule has 0 radical (unpaired) electrons. The Morgan fingerprint density at radius 1 is 1.12 bits per heavy atom. The molecule has 126 valence electrons. The zero-order valence-electron chi connectivity index (χ0n) is 12.9. The lowest BCUT2D eigenvalue weighted by Gasteiger charge is -2.04. The van der Waals surface area contributed by atoms with Gasteiger partial charge in [0.1, 0.15) is 0 Å². The van der Waals surface area contributed by atoms with E-state index >= 15 is 0 Å². The SMILES string of the molecule is NC(=O)Cc1ccc(NC(=O)c2cc3cc([N+](=O)[O-])ccc3s2)cc1. The molecule has 1 heterocycles. The van der Waals surface area contributed by atoms with Gasteiger partial charge in [0.15, 0.2) is 0 Å². The Morgan fingerprint density at radius 3 is 2.48 bits per heavy atom. The first-order chi connectivity index (χ1) is 11.9. The molecule has 0 aliphatic carbocycles. The van der Waals surface area contributed by atoms with Crippen LogP contribution >= 0.6 is 11.3 Å². The Hall–Kier alpha value is -3.26. The van der Waals surface area contributed by atoms with Crippen molar-refractivity contribution in [2.75, 3.05) is 5.32 Å². The van der Waals surface area contributed by atoms with Gasteiger partial charge in [-0.1, -0.05) is 12.1 Å². The summed E-state index contributed by atoms with van der Waals surface area (Å²) >= 11 is 1.26. The van der Waals surface area contributed by atoms with Crippen LogP contribution in [0.4, 0.5) is 11.4 Å². The van der Waals surface area contributed by atoms with Gasteiger partial charge in [0.2, 0.25) is 5.91 Å². The zero-order chi connectivity index (χ0) is 18.0. The Morgan fingerprint density at radius 2 is 1.84 bits per heavy atom. The Bertz CT molecular complexity index is 979. The van der Waals surface area contributed by atoms with Gasteiger partial charge in [-0.3, -0.25) is 19.7 Å². The fraction of sp³-hybridized carbons (Fsp3) is 0.0588. The molecule has 0 spiro atoms. The second-order valence-corrected chi connectivity index (χ2v) is 6.47. The Labute approximate surface area is 146 Å². The summed E-state index contributed by atoms with van der Waals surface area (Å²) in [6.07, 6.45) is 0.142. The second kappa shape index (κ2) is 6.70. The summed E-state index contributed by atoms with van der Waals surface area (Å²) in [5.41, 5.74) is 6.47. The van der Waals surface area contributed by atoms with E-state index in [0.717, 1.165) is 10.3 Å². The third-order valence-electron chi connectivity index (χ3n) is 3.52. The van der Waals surface area contributed by atoms with Crippen LogP contribution in [0.2, 0.25) is 0 Å². The number of amides is 2. The molecule has 0 aliphatic rings. The van der Waals surface area contributed by atoms with E-state index in [4.69, 9.17) is 5.73 Å². The lowest BCUT2D eigenvalue weighted by Crippen LogP contribution is -2.14. The first kappa shape index (κ1) is 16.6. The van der Waals surface area contributed by atoms with E-state index in [1.165, 1.54) is 23.5 Å². The summed E-state index contributed by atoms with van der Waals surface area (Å²) in [4.78, 5) is 34.0. The van der Waals surface area contributed by atoms with E-state index < -0.39 is 10.8 Å². The van der Waals surface area contributed by atoms with Crippen LogP contribution in [0.15, 0.2) is 48.5 Å². The van der Waals surface area contributed by atoms with Crippen molar-refractivity contribution in [1.29, 1.82) is 0 Å². The number of primary amides is 1. The van der Waals surface area contributed by atoms with E-state index in [1.54, 1.807) is 36.4 Å². The van der Waals surface area contributed by atoms with Crippen LogP contribution in [0.3, 0.4) is 0 Å². The summed E-state index contributed by atoms with van der Waals surface area (Å²) in [5.74, 6) is -0.720. The van der Waals surface area contributed by atoms with Crippen LogP contribution in [0.5, 0.6) is 0 Å². The van der Waals surface area contributed by atoms with E-state index in [-0.39, 0.29) is 18.0 Å². The maximum atomic E-state index is 12.4. The number of nitrogens with zero attached hydrogens (tertiary/aromatic N) is 1. The number of fused-ring (bicyclic) bond motifs is 1. The largest absolute Gasteiger partial charge is 0.369 e. The third kappa shape index (κ3) is 3.81. The van der Waals surface area contributed by atoms with Crippen LogP contribution in [-0.4, -0.2) is 16.7 Å². The number of nitrogens with two attached hydrogens (primary N) is 1. The molecular formula is C17H13N3O4S. The molecule has 0 fully saturated rings. The number of hydrogen-bond acceptors (Lipinski definition) is 5. The minimum absolute atomic E-state index is 0.0118. The maximum absolute atomic E-state index is 12.4. The molecule has 2 amide bonds. The second-order valence-electron chi connectivity index (χ2n) is 5.38. The molecule has 8 heteroatoms. The summed E-state index contributed by atoms with van der Waals surface area (Å²) in [6, 6.07) is 12.9. The fourth-order valence-electron chi connectivity index (χ4n) is 2.36. The van der Waals surface area contributed by atoms with Crippen molar-refractivity contribution in [3.8, 4) is 0 Å². The molecule has 25 heavy (non-hydrogen) atoms. The van der Waals surface area contributed by atoms with Gasteiger partial charge < -0.3 is 11.1 Å². The first-order valence-electron chi connectivity index (χ1n) is 7.29. The zero-order valence-corrected chi connectivity index (χ0v) is 13.7. The number of carbonyl (C=O) groups excluding carboxylic acids is 2. The average Bonchev–Trinajstić information content (AvgIpc) is 2.99. The van der Waals surface area contributed by atoms with E-state index in [0.29, 0.717) is 16.0 Å². The quantitative estimate of drug-likeness (QED) is 0.540. The predicted octanol–water partition coefficient (Wildman–Crippen LogP) is 3.09. The predicted molar refractivity (Wildman–Crippen MR) is 95.8 cm³/mol. The highest BCUT2D eigenvalue weighted by molar-refractivity contribution is 7.20. The van der Waals surface area contributed by atoms with Crippen molar-refractivity contribution in [3.63, 3.8) is 0 Å². The molecule has 0 saturated heterocycles. The molecular weight excluding hydrogens is 342 g/mol. The number of anilines is 1. The van der Waals surface area contributed by atoms with Gasteiger partial charge >= 0.3 is 0 Å². The molecule has 2 aromatic carbocycles. The number of nitro groups is 1. The van der Waals surface area contributed by atoms with Crippen molar-refractivity contribution in [2.45, 2.75) is 6.42 Å². The molecule has 3 rings (SSSR count). The number of rotatable bonds is 5. The molecule has 0 saturated carbocycles. The molecule has 0 bridgehead atoms. The topological polar surface area (TPSA) is 115 Å². The van der Waals surface area contributed by atoms with E-state index in [2.05, 4.69) is 5.32 Å². The van der Waals surface area contributed by atoms with Gasteiger partial charge in [-0.25, -0.2) is 0 Å². The number of non-ortho nitro benzene ring substituents is 1. The first-order valence-corrected chi connectivity index (χ1v) is 8.10. The number of benzene rings is 2. The highest BCUT2D eigenvalue weighted by atomic mass is 32.1. The van der Waals surface area contributed by atoms with Crippen LogP contribution in [-0.2, 0) is 11.2 Å². The number of carbonyl (C=O) groups is 2. The fourth-order valence-corrected chi connectivity index (χ4v) is 3.29. The van der Waals surface area contributed by atoms with Crippen molar-refractivity contribution >= 4 is 44.6 Å². The molecule has 3 aromatic rings. The van der Waals surface area contributed by atoms with Gasteiger partial charge in [0.05, 0.1) is 16.2 Å². The molecule has 0 unspecified atom stereocenters. The van der Waals surface area contributed by atoms with Crippen LogP contribution < -0.4 is 11.1 Å². The van der Waals surface area contributed by atoms with Gasteiger partial charge in [0, 0.05) is 27.9 Å². The highest BCUT2D eigenvalue weighted by Gasteiger charge is 2.13. The number of thiophene rings is 1. The van der Waals surface area contributed by atoms with Crippen molar-refractivity contribution < 1.29 is 14.5 Å². The Balaban J connectivity index is 1.77. The molecule has 0 atom stereocenters. The Kier molecular flexibility index (Phi) is 4.44. The molecule has 1 aromatic heterocycles. The van der Waals surface area contributed by atoms with Crippen LogP contribution in [0.1, 0.15) is 15.2 Å². The number of nitrogens with one attached hydrogen (secondary N) is 1. The third-order valence-corrected chi connectivity index (χ3v) is 4.64. The summed E-state index contributed by atoms with van der Waals surface area (Å²) < 4.78 is 0.799. The minimum Gasteiger partial charge on any atom is -0.369 e. The molecule has 3 N–H and O–H groups in total. The number of hydrogen-bond donors (Lipinski definition) is 2. The molecule has 7 nitrogen and oxygen atoms in total. The smallest absolute Gasteiger partial charge is 0.270 e. The maximum Gasteiger partial charge on any atom is 0.270 e. The lowest BCUT2D eigenvalue weighted by atomic mass is 10.1. The van der Waals surface area contributed by atoms with E-state index in [1.807, 2.05) is 0 Å². The van der Waals surface area contributed by atoms with Crippen LogP contribution in [0.25, 0.3) is 10.1 Å². The van der Waals surface area contributed by atoms with Gasteiger partial charge in [-0.05, 0) is 29.8 Å².